The van der Waals surface area contributed by atoms with Crippen molar-refractivity contribution >= 4 is 39.9 Å². The van der Waals surface area contributed by atoms with Crippen molar-refractivity contribution in [3.63, 3.8) is 0 Å². The summed E-state index contributed by atoms with van der Waals surface area (Å²) < 4.78 is 0.463. The number of aromatic nitrogens is 2. The van der Waals surface area contributed by atoms with Crippen LogP contribution in [0.5, 0.6) is 11.6 Å². The molecule has 1 unspecified atom stereocenters. The molecule has 2 N–H and O–H groups in total. The van der Waals surface area contributed by atoms with Crippen LogP contribution in [0.1, 0.15) is 41.0 Å². The summed E-state index contributed by atoms with van der Waals surface area (Å²) in [4.78, 5) is 27.7. The number of phenolic OH excluding ortho intramolecular Hbond substituents is 1. The number of carbonyl (C=O) groups excluding carboxylic acids is 1. The molecule has 0 bridgehead atoms. The Hall–Kier alpha value is -3.52. The first-order valence-electron chi connectivity index (χ1n) is 9.88. The Bertz CT molecular complexity index is 1210. The maximum Gasteiger partial charge on any atom is 0.256 e. The molecule has 1 atom stereocenters. The molecular weight excluding hydrogens is 412 g/mol. The van der Waals surface area contributed by atoms with Gasteiger partial charge in [-0.1, -0.05) is 24.3 Å². The molecule has 31 heavy (non-hydrogen) atoms. The van der Waals surface area contributed by atoms with Crippen LogP contribution in [0, 0.1) is 0 Å². The molecule has 7 nitrogen and oxygen atoms in total. The fourth-order valence-electron chi connectivity index (χ4n) is 3.72. The van der Waals surface area contributed by atoms with Crippen molar-refractivity contribution in [2.24, 2.45) is 4.99 Å². The number of rotatable bonds is 5. The molecular formula is C23H22N4O3S. The quantitative estimate of drug-likeness (QED) is 0.459. The van der Waals surface area contributed by atoms with Gasteiger partial charge in [0.15, 0.2) is 5.82 Å². The molecule has 4 rings (SSSR count). The number of aromatic hydroxyl groups is 2. The van der Waals surface area contributed by atoms with Gasteiger partial charge in [0.1, 0.15) is 21.7 Å². The van der Waals surface area contributed by atoms with Crippen LogP contribution < -0.4 is 0 Å². The van der Waals surface area contributed by atoms with Gasteiger partial charge in [-0.15, -0.1) is 11.3 Å². The minimum Gasteiger partial charge on any atom is -0.508 e. The Morgan fingerprint density at radius 3 is 2.94 bits per heavy atom. The number of nitrogens with zero attached hydrogens (tertiary/aromatic N) is 4. The van der Waals surface area contributed by atoms with Crippen molar-refractivity contribution in [2.75, 3.05) is 13.1 Å². The Morgan fingerprint density at radius 1 is 1.35 bits per heavy atom. The number of hydrogen-bond acceptors (Lipinski definition) is 7. The van der Waals surface area contributed by atoms with Crippen molar-refractivity contribution in [3.05, 3.63) is 64.8 Å². The summed E-state index contributed by atoms with van der Waals surface area (Å²) in [6.07, 6.45) is 6.13. The van der Waals surface area contributed by atoms with Crippen LogP contribution in [0.4, 0.5) is 0 Å². The standard InChI is InChI=1S/C23H22N4O3S/c1-3-4-8-18(24-2)21-25-19-17(13-31-20(19)22(29)26-21)23(30)27-10-9-15(12-27)14-6-5-7-16(28)11-14/h3-8,11,13,15,28H,2,9-10,12H2,1H3,(H,25,26,29)/b4-3-,18-8-. The summed E-state index contributed by atoms with van der Waals surface area (Å²) in [5, 5.41) is 21.9. The summed E-state index contributed by atoms with van der Waals surface area (Å²) in [6, 6.07) is 7.17. The minimum atomic E-state index is -0.182. The first-order valence-corrected chi connectivity index (χ1v) is 10.8. The van der Waals surface area contributed by atoms with Gasteiger partial charge in [0.2, 0.25) is 5.88 Å². The van der Waals surface area contributed by atoms with Crippen LogP contribution in [0.25, 0.3) is 15.9 Å². The number of carbonyl (C=O) groups is 1. The highest BCUT2D eigenvalue weighted by Crippen LogP contribution is 2.35. The summed E-state index contributed by atoms with van der Waals surface area (Å²) in [5.41, 5.74) is 2.27. The number of aliphatic imine (C=N–C) groups is 1. The first-order chi connectivity index (χ1) is 15.0. The molecule has 0 radical (unpaired) electrons. The zero-order valence-electron chi connectivity index (χ0n) is 17.0. The average Bonchev–Trinajstić information content (AvgIpc) is 3.42. The van der Waals surface area contributed by atoms with E-state index in [9.17, 15) is 15.0 Å². The fourth-order valence-corrected chi connectivity index (χ4v) is 4.59. The fraction of sp³-hybridized carbons (Fsp3) is 0.217. The molecule has 1 saturated heterocycles. The van der Waals surface area contributed by atoms with Crippen molar-refractivity contribution in [1.82, 2.24) is 14.9 Å². The summed E-state index contributed by atoms with van der Waals surface area (Å²) >= 11 is 1.24. The van der Waals surface area contributed by atoms with E-state index >= 15 is 0 Å². The smallest absolute Gasteiger partial charge is 0.256 e. The van der Waals surface area contributed by atoms with Gasteiger partial charge in [-0.25, -0.2) is 4.98 Å². The monoisotopic (exact) mass is 434 g/mol. The second-order valence-electron chi connectivity index (χ2n) is 7.27. The molecule has 2 aromatic heterocycles. The van der Waals surface area contributed by atoms with E-state index in [4.69, 9.17) is 0 Å². The molecule has 1 aromatic carbocycles. The third-order valence-electron chi connectivity index (χ3n) is 5.29. The Kier molecular flexibility index (Phi) is 5.81. The van der Waals surface area contributed by atoms with Gasteiger partial charge in [-0.3, -0.25) is 9.79 Å². The highest BCUT2D eigenvalue weighted by molar-refractivity contribution is 7.17. The molecule has 1 aliphatic heterocycles. The molecule has 0 spiro atoms. The zero-order valence-corrected chi connectivity index (χ0v) is 17.8. The normalized spacial score (nSPS) is 17.0. The van der Waals surface area contributed by atoms with Gasteiger partial charge >= 0.3 is 0 Å². The van der Waals surface area contributed by atoms with E-state index in [1.807, 2.05) is 25.1 Å². The first kappa shape index (κ1) is 20.7. The van der Waals surface area contributed by atoms with E-state index < -0.39 is 0 Å². The molecule has 8 heteroatoms. The van der Waals surface area contributed by atoms with E-state index in [-0.39, 0.29) is 29.3 Å². The van der Waals surface area contributed by atoms with Crippen molar-refractivity contribution in [3.8, 4) is 11.6 Å². The van der Waals surface area contributed by atoms with Gasteiger partial charge in [-0.05, 0) is 43.8 Å². The number of phenols is 1. The van der Waals surface area contributed by atoms with E-state index in [0.29, 0.717) is 34.6 Å². The number of allylic oxidation sites excluding steroid dienone is 3. The van der Waals surface area contributed by atoms with Gasteiger partial charge < -0.3 is 15.1 Å². The predicted octanol–water partition coefficient (Wildman–Crippen LogP) is 4.35. The lowest BCUT2D eigenvalue weighted by Crippen LogP contribution is -2.28. The minimum absolute atomic E-state index is 0.136. The molecule has 158 valence electrons. The molecule has 1 aliphatic rings. The molecule has 3 heterocycles. The maximum absolute atomic E-state index is 13.3. The lowest BCUT2D eigenvalue weighted by atomic mass is 9.98. The van der Waals surface area contributed by atoms with Gasteiger partial charge in [0.25, 0.3) is 5.91 Å². The molecule has 3 aromatic rings. The lowest BCUT2D eigenvalue weighted by molar-refractivity contribution is 0.0793. The molecule has 1 fully saturated rings. The number of likely N-dealkylation sites (tertiary alicyclic amines) is 1. The highest BCUT2D eigenvalue weighted by atomic mass is 32.1. The zero-order chi connectivity index (χ0) is 22.0. The number of benzene rings is 1. The molecule has 1 amide bonds. The van der Waals surface area contributed by atoms with E-state index in [1.165, 1.54) is 11.3 Å². The average molecular weight is 435 g/mol. The van der Waals surface area contributed by atoms with Crippen molar-refractivity contribution in [2.45, 2.75) is 19.3 Å². The van der Waals surface area contributed by atoms with Crippen LogP contribution in [-0.2, 0) is 0 Å². The van der Waals surface area contributed by atoms with Crippen molar-refractivity contribution in [1.29, 1.82) is 0 Å². The van der Waals surface area contributed by atoms with Crippen molar-refractivity contribution < 1.29 is 15.0 Å². The van der Waals surface area contributed by atoms with Gasteiger partial charge in [0, 0.05) is 24.4 Å². The van der Waals surface area contributed by atoms with E-state index in [0.717, 1.165) is 12.0 Å². The van der Waals surface area contributed by atoms with Crippen LogP contribution in [0.15, 0.2) is 52.9 Å². The molecule has 0 saturated carbocycles. The third-order valence-corrected chi connectivity index (χ3v) is 6.26. The van der Waals surface area contributed by atoms with E-state index in [1.54, 1.807) is 34.6 Å². The Labute approximate surface area is 183 Å². The Balaban J connectivity index is 1.65. The van der Waals surface area contributed by atoms with Crippen LogP contribution in [0.3, 0.4) is 0 Å². The summed E-state index contributed by atoms with van der Waals surface area (Å²) in [6.45, 7) is 6.59. The summed E-state index contributed by atoms with van der Waals surface area (Å²) in [5.74, 6) is 0.287. The van der Waals surface area contributed by atoms with Crippen LogP contribution in [-0.4, -0.2) is 50.8 Å². The van der Waals surface area contributed by atoms with Gasteiger partial charge in [0.05, 0.1) is 5.56 Å². The second kappa shape index (κ2) is 8.69. The number of thiophene rings is 1. The van der Waals surface area contributed by atoms with Crippen LogP contribution in [0.2, 0.25) is 0 Å². The summed E-state index contributed by atoms with van der Waals surface area (Å²) in [7, 11) is 0. The highest BCUT2D eigenvalue weighted by Gasteiger charge is 2.30. The lowest BCUT2D eigenvalue weighted by Gasteiger charge is -2.16. The maximum atomic E-state index is 13.3. The number of fused-ring (bicyclic) bond motifs is 1. The molecule has 0 aliphatic carbocycles. The van der Waals surface area contributed by atoms with Crippen LogP contribution >= 0.6 is 11.3 Å². The van der Waals surface area contributed by atoms with E-state index in [2.05, 4.69) is 21.7 Å². The third kappa shape index (κ3) is 4.06. The largest absolute Gasteiger partial charge is 0.508 e. The topological polar surface area (TPSA) is 98.9 Å². The number of hydrogen-bond donors (Lipinski definition) is 2. The number of amides is 1. The Morgan fingerprint density at radius 2 is 2.19 bits per heavy atom. The SMILES string of the molecule is C=N/C(=C\C=C/C)c1nc(O)c2scc(C(=O)N3CCC(c4cccc(O)c4)C3)c2n1. The van der Waals surface area contributed by atoms with Gasteiger partial charge in [-0.2, -0.15) is 4.98 Å². The second-order valence-corrected chi connectivity index (χ2v) is 8.15. The predicted molar refractivity (Wildman–Crippen MR) is 123 cm³/mol.